The molecule has 3 aromatic rings. The maximum absolute atomic E-state index is 12.6. The summed E-state index contributed by atoms with van der Waals surface area (Å²) in [5, 5.41) is 11.7. The number of thiazole rings is 1. The smallest absolute Gasteiger partial charge is 0.326 e. The number of halogens is 1. The first kappa shape index (κ1) is 19.7. The van der Waals surface area contributed by atoms with E-state index in [4.69, 9.17) is 16.3 Å². The molecule has 3 rings (SSSR count). The van der Waals surface area contributed by atoms with Gasteiger partial charge in [-0.15, -0.1) is 0 Å². The molecule has 0 spiro atoms. The number of para-hydroxylation sites is 1. The van der Waals surface area contributed by atoms with Crippen molar-refractivity contribution in [1.82, 2.24) is 4.57 Å². The summed E-state index contributed by atoms with van der Waals surface area (Å²) in [7, 11) is 0. The van der Waals surface area contributed by atoms with Crippen LogP contribution in [0.1, 0.15) is 17.3 Å². The zero-order valence-corrected chi connectivity index (χ0v) is 16.2. The summed E-state index contributed by atoms with van der Waals surface area (Å²) in [6.07, 6.45) is 0. The van der Waals surface area contributed by atoms with Gasteiger partial charge in [0.05, 0.1) is 21.7 Å². The minimum absolute atomic E-state index is 0.134. The highest BCUT2D eigenvalue weighted by atomic mass is 35.5. The molecule has 0 atom stereocenters. The van der Waals surface area contributed by atoms with Crippen molar-refractivity contribution in [3.8, 4) is 0 Å². The fourth-order valence-electron chi connectivity index (χ4n) is 2.58. The Bertz CT molecular complexity index is 1150. The molecule has 8 nitrogen and oxygen atoms in total. The number of nitrogens with zero attached hydrogens (tertiary/aromatic N) is 3. The van der Waals surface area contributed by atoms with E-state index in [0.29, 0.717) is 15.2 Å². The molecule has 0 bridgehead atoms. The van der Waals surface area contributed by atoms with Crippen LogP contribution in [-0.4, -0.2) is 28.0 Å². The lowest BCUT2D eigenvalue weighted by Crippen LogP contribution is -2.23. The van der Waals surface area contributed by atoms with Gasteiger partial charge in [0.2, 0.25) is 0 Å². The van der Waals surface area contributed by atoms with Gasteiger partial charge in [0.1, 0.15) is 12.1 Å². The molecule has 10 heteroatoms. The number of esters is 1. The first-order chi connectivity index (χ1) is 13.4. The van der Waals surface area contributed by atoms with E-state index in [0.717, 1.165) is 11.3 Å². The van der Waals surface area contributed by atoms with E-state index in [1.807, 2.05) is 0 Å². The quantitative estimate of drug-likeness (QED) is 0.357. The van der Waals surface area contributed by atoms with Crippen LogP contribution in [0.4, 0.5) is 5.69 Å². The van der Waals surface area contributed by atoms with Crippen molar-refractivity contribution in [2.24, 2.45) is 4.99 Å². The predicted molar refractivity (Wildman–Crippen MR) is 104 cm³/mol. The summed E-state index contributed by atoms with van der Waals surface area (Å²) >= 11 is 7.18. The van der Waals surface area contributed by atoms with Crippen molar-refractivity contribution >= 4 is 50.7 Å². The molecule has 1 amide bonds. The molecule has 28 heavy (non-hydrogen) atoms. The monoisotopic (exact) mass is 419 g/mol. The fourth-order valence-corrected chi connectivity index (χ4v) is 3.89. The summed E-state index contributed by atoms with van der Waals surface area (Å²) < 4.78 is 7.23. The van der Waals surface area contributed by atoms with Gasteiger partial charge in [-0.25, -0.2) is 0 Å². The van der Waals surface area contributed by atoms with Crippen molar-refractivity contribution in [3.63, 3.8) is 0 Å². The molecule has 0 aliphatic carbocycles. The summed E-state index contributed by atoms with van der Waals surface area (Å²) in [6, 6.07) is 10.6. The third-order valence-electron chi connectivity index (χ3n) is 3.77. The van der Waals surface area contributed by atoms with E-state index in [9.17, 15) is 19.7 Å². The van der Waals surface area contributed by atoms with Crippen LogP contribution in [0.5, 0.6) is 0 Å². The Kier molecular flexibility index (Phi) is 5.86. The van der Waals surface area contributed by atoms with Crippen molar-refractivity contribution in [2.75, 3.05) is 6.61 Å². The normalized spacial score (nSPS) is 11.6. The molecule has 0 radical (unpaired) electrons. The lowest BCUT2D eigenvalue weighted by Gasteiger charge is -2.05. The maximum atomic E-state index is 12.6. The number of ether oxygens (including phenoxy) is 1. The van der Waals surface area contributed by atoms with E-state index in [2.05, 4.69) is 4.99 Å². The van der Waals surface area contributed by atoms with Gasteiger partial charge < -0.3 is 9.30 Å². The minimum Gasteiger partial charge on any atom is -0.465 e. The van der Waals surface area contributed by atoms with Crippen LogP contribution in [0.3, 0.4) is 0 Å². The van der Waals surface area contributed by atoms with Crippen LogP contribution in [0.15, 0.2) is 47.5 Å². The van der Waals surface area contributed by atoms with Gasteiger partial charge in [0.15, 0.2) is 4.80 Å². The highest BCUT2D eigenvalue weighted by molar-refractivity contribution is 7.16. The van der Waals surface area contributed by atoms with E-state index < -0.39 is 16.8 Å². The fraction of sp³-hybridized carbons (Fsp3) is 0.167. The summed E-state index contributed by atoms with van der Waals surface area (Å²) in [5.74, 6) is -1.26. The zero-order chi connectivity index (χ0) is 20.3. The standard InChI is InChI=1S/C18H14ClN3O5S/c1-2-27-16(23)10-21-14-8-7-11(19)9-15(14)28-18(21)20-17(24)12-5-3-4-6-13(12)22(25)26/h3-9H,2,10H2,1H3. The largest absolute Gasteiger partial charge is 0.465 e. The number of carbonyl (C=O) groups is 2. The number of benzene rings is 2. The number of fused-ring (bicyclic) bond motifs is 1. The third kappa shape index (κ3) is 4.10. The molecule has 0 saturated carbocycles. The molecule has 0 saturated heterocycles. The second-order valence-corrected chi connectivity index (χ2v) is 7.02. The number of hydrogen-bond donors (Lipinski definition) is 0. The highest BCUT2D eigenvalue weighted by Crippen LogP contribution is 2.23. The summed E-state index contributed by atoms with van der Waals surface area (Å²) in [5.41, 5.74) is 0.180. The summed E-state index contributed by atoms with van der Waals surface area (Å²) in [4.78, 5) is 39.4. The second-order valence-electron chi connectivity index (χ2n) is 5.58. The van der Waals surface area contributed by atoms with Gasteiger partial charge in [-0.1, -0.05) is 35.1 Å². The SMILES string of the molecule is CCOC(=O)Cn1c(=NC(=O)c2ccccc2[N+](=O)[O-])sc2cc(Cl)ccc21. The lowest BCUT2D eigenvalue weighted by atomic mass is 10.2. The molecule has 1 aromatic heterocycles. The predicted octanol–water partition coefficient (Wildman–Crippen LogP) is 3.57. The van der Waals surface area contributed by atoms with Gasteiger partial charge in [0.25, 0.3) is 11.6 Å². The van der Waals surface area contributed by atoms with Crippen molar-refractivity contribution in [3.05, 3.63) is 68.0 Å². The first-order valence-electron chi connectivity index (χ1n) is 8.17. The molecule has 0 aliphatic heterocycles. The number of aromatic nitrogens is 1. The Labute approximate surface area is 167 Å². The van der Waals surface area contributed by atoms with Crippen LogP contribution in [-0.2, 0) is 16.1 Å². The zero-order valence-electron chi connectivity index (χ0n) is 14.6. The van der Waals surface area contributed by atoms with E-state index in [-0.39, 0.29) is 29.2 Å². The van der Waals surface area contributed by atoms with Crippen LogP contribution in [0.2, 0.25) is 5.02 Å². The molecule has 0 N–H and O–H groups in total. The van der Waals surface area contributed by atoms with Crippen molar-refractivity contribution in [2.45, 2.75) is 13.5 Å². The maximum Gasteiger partial charge on any atom is 0.326 e. The average Bonchev–Trinajstić information content (AvgIpc) is 2.97. The Morgan fingerprint density at radius 3 is 2.75 bits per heavy atom. The minimum atomic E-state index is -0.775. The Morgan fingerprint density at radius 1 is 1.29 bits per heavy atom. The number of hydrogen-bond acceptors (Lipinski definition) is 6. The average molecular weight is 420 g/mol. The van der Waals surface area contributed by atoms with Gasteiger partial charge >= 0.3 is 5.97 Å². The molecule has 0 fully saturated rings. The van der Waals surface area contributed by atoms with Crippen molar-refractivity contribution < 1.29 is 19.2 Å². The lowest BCUT2D eigenvalue weighted by molar-refractivity contribution is -0.385. The molecular weight excluding hydrogens is 406 g/mol. The van der Waals surface area contributed by atoms with Gasteiger partial charge in [-0.05, 0) is 31.2 Å². The Morgan fingerprint density at radius 2 is 2.04 bits per heavy atom. The van der Waals surface area contributed by atoms with E-state index >= 15 is 0 Å². The van der Waals surface area contributed by atoms with Crippen LogP contribution in [0.25, 0.3) is 10.2 Å². The van der Waals surface area contributed by atoms with Crippen LogP contribution in [0, 0.1) is 10.1 Å². The van der Waals surface area contributed by atoms with Crippen LogP contribution >= 0.6 is 22.9 Å². The molecule has 0 unspecified atom stereocenters. The highest BCUT2D eigenvalue weighted by Gasteiger charge is 2.20. The van der Waals surface area contributed by atoms with Gasteiger partial charge in [-0.2, -0.15) is 4.99 Å². The van der Waals surface area contributed by atoms with Crippen LogP contribution < -0.4 is 4.80 Å². The van der Waals surface area contributed by atoms with Gasteiger partial charge in [-0.3, -0.25) is 19.7 Å². The Balaban J connectivity index is 2.15. The first-order valence-corrected chi connectivity index (χ1v) is 9.37. The number of amides is 1. The van der Waals surface area contributed by atoms with E-state index in [1.165, 1.54) is 28.8 Å². The second kappa shape index (κ2) is 8.32. The molecule has 144 valence electrons. The summed E-state index contributed by atoms with van der Waals surface area (Å²) in [6.45, 7) is 1.75. The van der Waals surface area contributed by atoms with E-state index in [1.54, 1.807) is 25.1 Å². The molecular formula is C18H14ClN3O5S. The third-order valence-corrected chi connectivity index (χ3v) is 5.04. The topological polar surface area (TPSA) is 104 Å². The molecule has 2 aromatic carbocycles. The number of carbonyl (C=O) groups excluding carboxylic acids is 2. The number of nitro groups is 1. The number of rotatable bonds is 5. The van der Waals surface area contributed by atoms with Crippen molar-refractivity contribution in [1.29, 1.82) is 0 Å². The van der Waals surface area contributed by atoms with Gasteiger partial charge in [0, 0.05) is 11.1 Å². The molecule has 1 heterocycles. The number of nitro benzene ring substituents is 1. The Hall–Kier alpha value is -3.04. The molecule has 0 aliphatic rings.